The maximum absolute atomic E-state index is 5.48. The average Bonchev–Trinajstić information content (AvgIpc) is 2.89. The van der Waals surface area contributed by atoms with Crippen LogP contribution in [0.4, 0.5) is 6.01 Å². The Balaban J connectivity index is 1.78. The Hall–Kier alpha value is -1.92. The molecule has 0 aliphatic carbocycles. The molecular formula is C14H20N4O2. The largest absolute Gasteiger partial charge is 0.407 e. The predicted molar refractivity (Wildman–Crippen MR) is 76.4 cm³/mol. The Labute approximate surface area is 118 Å². The third-order valence-corrected chi connectivity index (χ3v) is 2.75. The number of ether oxygens (including phenoxy) is 1. The molecule has 0 amide bonds. The van der Waals surface area contributed by atoms with E-state index in [0.29, 0.717) is 31.6 Å². The van der Waals surface area contributed by atoms with E-state index < -0.39 is 0 Å². The Bertz CT molecular complexity index is 527. The van der Waals surface area contributed by atoms with Crippen LogP contribution in [0.1, 0.15) is 17.0 Å². The predicted octanol–water partition coefficient (Wildman–Crippen LogP) is 1.73. The fourth-order valence-corrected chi connectivity index (χ4v) is 1.77. The van der Waals surface area contributed by atoms with Gasteiger partial charge >= 0.3 is 6.01 Å². The Kier molecular flexibility index (Phi) is 5.52. The molecule has 1 aromatic heterocycles. The summed E-state index contributed by atoms with van der Waals surface area (Å²) in [7, 11) is 1.67. The lowest BCUT2D eigenvalue weighted by Crippen LogP contribution is -2.18. The normalized spacial score (nSPS) is 10.7. The molecule has 0 atom stereocenters. The fraction of sp³-hybridized carbons (Fsp3) is 0.429. The van der Waals surface area contributed by atoms with E-state index in [-0.39, 0.29) is 0 Å². The number of anilines is 1. The first-order chi connectivity index (χ1) is 9.78. The van der Waals surface area contributed by atoms with Gasteiger partial charge in [0.25, 0.3) is 0 Å². The van der Waals surface area contributed by atoms with Crippen molar-refractivity contribution in [1.82, 2.24) is 15.5 Å². The van der Waals surface area contributed by atoms with E-state index in [4.69, 9.17) is 9.15 Å². The second-order valence-electron chi connectivity index (χ2n) is 4.51. The van der Waals surface area contributed by atoms with Gasteiger partial charge in [-0.05, 0) is 12.5 Å². The molecule has 108 valence electrons. The van der Waals surface area contributed by atoms with Crippen LogP contribution in [0.25, 0.3) is 0 Å². The van der Waals surface area contributed by atoms with Crippen molar-refractivity contribution in [2.24, 2.45) is 0 Å². The molecule has 2 aromatic rings. The number of aryl methyl sites for hydroxylation is 1. The van der Waals surface area contributed by atoms with Gasteiger partial charge in [-0.3, -0.25) is 0 Å². The fourth-order valence-electron chi connectivity index (χ4n) is 1.77. The highest BCUT2D eigenvalue weighted by Crippen LogP contribution is 2.09. The van der Waals surface area contributed by atoms with Gasteiger partial charge in [0, 0.05) is 20.2 Å². The Morgan fingerprint density at radius 2 is 2.15 bits per heavy atom. The minimum atomic E-state index is 0.440. The molecule has 2 N–H and O–H groups in total. The summed E-state index contributed by atoms with van der Waals surface area (Å²) in [6, 6.07) is 8.72. The van der Waals surface area contributed by atoms with Gasteiger partial charge in [0.1, 0.15) is 0 Å². The topological polar surface area (TPSA) is 72.2 Å². The smallest absolute Gasteiger partial charge is 0.315 e. The minimum absolute atomic E-state index is 0.440. The maximum Gasteiger partial charge on any atom is 0.315 e. The molecule has 6 heteroatoms. The zero-order chi connectivity index (χ0) is 14.2. The summed E-state index contributed by atoms with van der Waals surface area (Å²) in [6.45, 7) is 4.69. The third-order valence-electron chi connectivity index (χ3n) is 2.75. The van der Waals surface area contributed by atoms with Crippen molar-refractivity contribution in [3.05, 3.63) is 41.3 Å². The highest BCUT2D eigenvalue weighted by Gasteiger charge is 2.05. The summed E-state index contributed by atoms with van der Waals surface area (Å²) in [5.74, 6) is 0.563. The molecule has 0 saturated carbocycles. The van der Waals surface area contributed by atoms with Gasteiger partial charge in [-0.1, -0.05) is 34.9 Å². The molecule has 0 aliphatic heterocycles. The zero-order valence-corrected chi connectivity index (χ0v) is 11.8. The summed E-state index contributed by atoms with van der Waals surface area (Å²) < 4.78 is 10.4. The molecule has 6 nitrogen and oxygen atoms in total. The van der Waals surface area contributed by atoms with Gasteiger partial charge in [0.05, 0.1) is 13.2 Å². The maximum atomic E-state index is 5.48. The van der Waals surface area contributed by atoms with Crippen LogP contribution >= 0.6 is 0 Å². The van der Waals surface area contributed by atoms with Crippen LogP contribution in [-0.2, 0) is 17.8 Å². The van der Waals surface area contributed by atoms with E-state index in [2.05, 4.69) is 46.0 Å². The van der Waals surface area contributed by atoms with E-state index in [0.717, 1.165) is 6.54 Å². The Morgan fingerprint density at radius 1 is 1.25 bits per heavy atom. The number of nitrogens with one attached hydrogen (secondary N) is 2. The average molecular weight is 276 g/mol. The lowest BCUT2D eigenvalue weighted by atomic mass is 10.1. The number of hydrogen-bond donors (Lipinski definition) is 2. The van der Waals surface area contributed by atoms with Crippen molar-refractivity contribution in [3.63, 3.8) is 0 Å². The molecule has 1 heterocycles. The number of methoxy groups -OCH3 is 1. The molecule has 0 unspecified atom stereocenters. The van der Waals surface area contributed by atoms with Gasteiger partial charge in [-0.15, -0.1) is 5.10 Å². The van der Waals surface area contributed by atoms with Crippen molar-refractivity contribution in [3.8, 4) is 0 Å². The van der Waals surface area contributed by atoms with Crippen LogP contribution in [0.5, 0.6) is 0 Å². The van der Waals surface area contributed by atoms with E-state index in [1.165, 1.54) is 11.1 Å². The van der Waals surface area contributed by atoms with E-state index in [1.54, 1.807) is 7.11 Å². The lowest BCUT2D eigenvalue weighted by molar-refractivity contribution is 0.198. The summed E-state index contributed by atoms with van der Waals surface area (Å²) in [4.78, 5) is 0. The second-order valence-corrected chi connectivity index (χ2v) is 4.51. The van der Waals surface area contributed by atoms with Gasteiger partial charge in [0.2, 0.25) is 5.89 Å². The molecule has 0 aliphatic rings. The van der Waals surface area contributed by atoms with Gasteiger partial charge in [0.15, 0.2) is 0 Å². The van der Waals surface area contributed by atoms with Crippen LogP contribution in [0.3, 0.4) is 0 Å². The van der Waals surface area contributed by atoms with Crippen LogP contribution in [0, 0.1) is 6.92 Å². The van der Waals surface area contributed by atoms with Gasteiger partial charge < -0.3 is 19.8 Å². The number of aromatic nitrogens is 2. The van der Waals surface area contributed by atoms with Crippen LogP contribution < -0.4 is 10.6 Å². The molecule has 0 fully saturated rings. The summed E-state index contributed by atoms with van der Waals surface area (Å²) >= 11 is 0. The SMILES string of the molecule is COCCNCc1nnc(NCc2cccc(C)c2)o1. The van der Waals surface area contributed by atoms with Crippen LogP contribution in [-0.4, -0.2) is 30.5 Å². The highest BCUT2D eigenvalue weighted by molar-refractivity contribution is 5.26. The standard InChI is InChI=1S/C14H20N4O2/c1-11-4-3-5-12(8-11)9-16-14-18-17-13(20-14)10-15-6-7-19-2/h3-5,8,15H,6-7,9-10H2,1-2H3,(H,16,18). The van der Waals surface area contributed by atoms with Crippen LogP contribution in [0.15, 0.2) is 28.7 Å². The number of nitrogens with zero attached hydrogens (tertiary/aromatic N) is 2. The molecular weight excluding hydrogens is 256 g/mol. The molecule has 0 saturated heterocycles. The quantitative estimate of drug-likeness (QED) is 0.715. The van der Waals surface area contributed by atoms with Crippen LogP contribution in [0.2, 0.25) is 0 Å². The molecule has 0 spiro atoms. The Morgan fingerprint density at radius 3 is 2.95 bits per heavy atom. The monoisotopic (exact) mass is 276 g/mol. The zero-order valence-electron chi connectivity index (χ0n) is 11.8. The van der Waals surface area contributed by atoms with Crippen molar-refractivity contribution in [1.29, 1.82) is 0 Å². The number of benzene rings is 1. The summed E-state index contributed by atoms with van der Waals surface area (Å²) in [5, 5.41) is 14.2. The molecule has 1 aromatic carbocycles. The van der Waals surface area contributed by atoms with Crippen molar-refractivity contribution >= 4 is 6.01 Å². The first kappa shape index (κ1) is 14.5. The number of rotatable bonds is 8. The molecule has 0 bridgehead atoms. The molecule has 20 heavy (non-hydrogen) atoms. The van der Waals surface area contributed by atoms with E-state index in [9.17, 15) is 0 Å². The first-order valence-corrected chi connectivity index (χ1v) is 6.59. The van der Waals surface area contributed by atoms with Gasteiger partial charge in [-0.2, -0.15) is 0 Å². The minimum Gasteiger partial charge on any atom is -0.407 e. The van der Waals surface area contributed by atoms with Crippen molar-refractivity contribution < 1.29 is 9.15 Å². The van der Waals surface area contributed by atoms with Crippen molar-refractivity contribution in [2.45, 2.75) is 20.0 Å². The van der Waals surface area contributed by atoms with Gasteiger partial charge in [-0.25, -0.2) is 0 Å². The van der Waals surface area contributed by atoms with Crippen molar-refractivity contribution in [2.75, 3.05) is 25.6 Å². The molecule has 2 rings (SSSR count). The third kappa shape index (κ3) is 4.64. The van der Waals surface area contributed by atoms with E-state index in [1.807, 2.05) is 6.07 Å². The lowest BCUT2D eigenvalue weighted by Gasteiger charge is -2.02. The second kappa shape index (κ2) is 7.62. The molecule has 0 radical (unpaired) electrons. The highest BCUT2D eigenvalue weighted by atomic mass is 16.5. The summed E-state index contributed by atoms with van der Waals surface area (Å²) in [6.07, 6.45) is 0. The first-order valence-electron chi connectivity index (χ1n) is 6.59. The summed E-state index contributed by atoms with van der Waals surface area (Å²) in [5.41, 5.74) is 2.42. The van der Waals surface area contributed by atoms with E-state index >= 15 is 0 Å². The number of hydrogen-bond acceptors (Lipinski definition) is 6.